The van der Waals surface area contributed by atoms with Crippen molar-refractivity contribution in [2.24, 2.45) is 0 Å². The molecule has 1 aliphatic rings. The molecule has 0 radical (unpaired) electrons. The molecule has 0 heterocycles. The first kappa shape index (κ1) is 13.9. The van der Waals surface area contributed by atoms with Crippen LogP contribution in [0.2, 0.25) is 17.3 Å². The number of hydrogen-bond donors (Lipinski definition) is 0. The van der Waals surface area contributed by atoms with Crippen LogP contribution in [0, 0.1) is 0 Å². The fraction of sp³-hybridized carbons (Fsp3) is 0.368. The molecule has 2 aromatic rings. The maximum absolute atomic E-state index is 2.52. The quantitative estimate of drug-likeness (QED) is 0.697. The molecular formula is C19H24Ge. The van der Waals surface area contributed by atoms with Crippen LogP contribution in [0.1, 0.15) is 24.0 Å². The van der Waals surface area contributed by atoms with E-state index < -0.39 is 13.3 Å². The molecular weight excluding hydrogens is 301 g/mol. The average molecular weight is 325 g/mol. The zero-order valence-electron chi connectivity index (χ0n) is 12.9. The zero-order valence-corrected chi connectivity index (χ0v) is 15.0. The Bertz CT molecular complexity index is 606. The molecule has 104 valence electrons. The van der Waals surface area contributed by atoms with Crippen molar-refractivity contribution >= 4 is 17.7 Å². The van der Waals surface area contributed by atoms with Crippen LogP contribution in [-0.4, -0.2) is 13.3 Å². The molecule has 0 unspecified atom stereocenters. The third-order valence-corrected chi connectivity index (χ3v) is 8.80. The van der Waals surface area contributed by atoms with Crippen LogP contribution in [0.5, 0.6) is 0 Å². The van der Waals surface area contributed by atoms with Gasteiger partial charge in [0.05, 0.1) is 0 Å². The average Bonchev–Trinajstić information content (AvgIpc) is 2.46. The second-order valence-electron chi connectivity index (χ2n) is 6.94. The molecule has 1 aliphatic carbocycles. The Morgan fingerprint density at radius 1 is 0.750 bits per heavy atom. The van der Waals surface area contributed by atoms with E-state index in [1.165, 1.54) is 36.8 Å². The number of hydrogen-bond acceptors (Lipinski definition) is 0. The third kappa shape index (κ3) is 2.58. The van der Waals surface area contributed by atoms with Gasteiger partial charge in [0.1, 0.15) is 0 Å². The van der Waals surface area contributed by atoms with Gasteiger partial charge in [-0.2, -0.15) is 0 Å². The van der Waals surface area contributed by atoms with Crippen molar-refractivity contribution in [1.82, 2.24) is 0 Å². The first-order chi connectivity index (χ1) is 9.57. The SMILES string of the molecule is [CH3][Ge]([CH3])([CH3])[c]1ccc(-c2ccccc2)c2c1CCCC2. The third-order valence-electron chi connectivity index (χ3n) is 4.43. The molecule has 0 amide bonds. The molecule has 0 aromatic heterocycles. The van der Waals surface area contributed by atoms with E-state index in [-0.39, 0.29) is 0 Å². The number of rotatable bonds is 2. The van der Waals surface area contributed by atoms with Gasteiger partial charge in [0.2, 0.25) is 0 Å². The van der Waals surface area contributed by atoms with Crippen molar-refractivity contribution in [2.45, 2.75) is 43.0 Å². The second-order valence-corrected chi connectivity index (χ2v) is 17.5. The van der Waals surface area contributed by atoms with Gasteiger partial charge in [0.15, 0.2) is 0 Å². The van der Waals surface area contributed by atoms with E-state index in [9.17, 15) is 0 Å². The predicted molar refractivity (Wildman–Crippen MR) is 91.5 cm³/mol. The van der Waals surface area contributed by atoms with Gasteiger partial charge in [-0.25, -0.2) is 0 Å². The fourth-order valence-corrected chi connectivity index (χ4v) is 7.16. The Hall–Kier alpha value is -1.02. The molecule has 0 nitrogen and oxygen atoms in total. The van der Waals surface area contributed by atoms with E-state index in [2.05, 4.69) is 59.7 Å². The molecule has 20 heavy (non-hydrogen) atoms. The molecule has 2 aromatic carbocycles. The Labute approximate surface area is 125 Å². The van der Waals surface area contributed by atoms with Crippen molar-refractivity contribution in [2.75, 3.05) is 0 Å². The van der Waals surface area contributed by atoms with E-state index in [1.807, 2.05) is 0 Å². The summed E-state index contributed by atoms with van der Waals surface area (Å²) < 4.78 is 1.74. The van der Waals surface area contributed by atoms with Crippen molar-refractivity contribution in [1.29, 1.82) is 0 Å². The Kier molecular flexibility index (Phi) is 3.77. The monoisotopic (exact) mass is 326 g/mol. The summed E-state index contributed by atoms with van der Waals surface area (Å²) >= 11 is -1.76. The van der Waals surface area contributed by atoms with E-state index in [0.717, 1.165) is 0 Å². The standard InChI is InChI=1S/C19H24Ge/c1-20(2,3)19-14-13-16(15-9-5-4-6-10-15)17-11-7-8-12-18(17)19/h4-6,9-10,13-14H,7-8,11-12H2,1-3H3. The molecule has 0 saturated heterocycles. The molecule has 0 spiro atoms. The summed E-state index contributed by atoms with van der Waals surface area (Å²) in [5.41, 5.74) is 6.24. The van der Waals surface area contributed by atoms with Crippen molar-refractivity contribution in [3.05, 3.63) is 53.6 Å². The van der Waals surface area contributed by atoms with E-state index >= 15 is 0 Å². The summed E-state index contributed by atoms with van der Waals surface area (Å²) in [6, 6.07) is 15.8. The minimum absolute atomic E-state index is 1.27. The summed E-state index contributed by atoms with van der Waals surface area (Å²) in [7, 11) is 0. The Balaban J connectivity index is 2.19. The van der Waals surface area contributed by atoms with Crippen molar-refractivity contribution < 1.29 is 0 Å². The number of fused-ring (bicyclic) bond motifs is 1. The first-order valence-electron chi connectivity index (χ1n) is 7.78. The fourth-order valence-electron chi connectivity index (χ4n) is 3.46. The summed E-state index contributed by atoms with van der Waals surface area (Å²) in [6.07, 6.45) is 5.30. The number of benzene rings is 2. The van der Waals surface area contributed by atoms with Crippen LogP contribution in [0.4, 0.5) is 0 Å². The van der Waals surface area contributed by atoms with Crippen LogP contribution in [-0.2, 0) is 12.8 Å². The second kappa shape index (κ2) is 5.40. The maximum atomic E-state index is 2.52. The van der Waals surface area contributed by atoms with Crippen LogP contribution >= 0.6 is 0 Å². The van der Waals surface area contributed by atoms with Crippen LogP contribution in [0.15, 0.2) is 42.5 Å². The topological polar surface area (TPSA) is 0 Å². The van der Waals surface area contributed by atoms with E-state index in [0.29, 0.717) is 0 Å². The van der Waals surface area contributed by atoms with Gasteiger partial charge in [-0.3, -0.25) is 0 Å². The van der Waals surface area contributed by atoms with Gasteiger partial charge in [0.25, 0.3) is 0 Å². The van der Waals surface area contributed by atoms with Gasteiger partial charge in [0, 0.05) is 0 Å². The molecule has 1 heteroatoms. The molecule has 3 rings (SSSR count). The molecule has 0 aliphatic heterocycles. The van der Waals surface area contributed by atoms with Crippen LogP contribution < -0.4 is 4.40 Å². The summed E-state index contributed by atoms with van der Waals surface area (Å²) in [4.78, 5) is 0. The van der Waals surface area contributed by atoms with Crippen LogP contribution in [0.25, 0.3) is 11.1 Å². The van der Waals surface area contributed by atoms with Gasteiger partial charge in [-0.1, -0.05) is 0 Å². The van der Waals surface area contributed by atoms with Gasteiger partial charge < -0.3 is 0 Å². The van der Waals surface area contributed by atoms with Gasteiger partial charge in [-0.05, 0) is 0 Å². The Morgan fingerprint density at radius 2 is 1.40 bits per heavy atom. The molecule has 0 fully saturated rings. The van der Waals surface area contributed by atoms with Gasteiger partial charge >= 0.3 is 125 Å². The normalized spacial score (nSPS) is 14.9. The minimum atomic E-state index is -1.76. The Morgan fingerprint density at radius 3 is 2.05 bits per heavy atom. The van der Waals surface area contributed by atoms with Crippen molar-refractivity contribution in [3.63, 3.8) is 0 Å². The summed E-state index contributed by atoms with van der Waals surface area (Å²) in [5, 5.41) is 0. The van der Waals surface area contributed by atoms with E-state index in [1.54, 1.807) is 15.5 Å². The van der Waals surface area contributed by atoms with Gasteiger partial charge in [-0.15, -0.1) is 0 Å². The zero-order chi connectivity index (χ0) is 14.2. The predicted octanol–water partition coefficient (Wildman–Crippen LogP) is 4.78. The molecule has 0 bridgehead atoms. The molecule has 0 N–H and O–H groups in total. The van der Waals surface area contributed by atoms with Crippen molar-refractivity contribution in [3.8, 4) is 11.1 Å². The first-order valence-corrected chi connectivity index (χ1v) is 15.1. The van der Waals surface area contributed by atoms with E-state index in [4.69, 9.17) is 0 Å². The summed E-state index contributed by atoms with van der Waals surface area (Å²) in [6.45, 7) is 0. The molecule has 0 atom stereocenters. The van der Waals surface area contributed by atoms with Crippen LogP contribution in [0.3, 0.4) is 0 Å². The summed E-state index contributed by atoms with van der Waals surface area (Å²) in [5.74, 6) is 7.56. The molecule has 0 saturated carbocycles.